The Hall–Kier alpha value is -3.41. The highest BCUT2D eigenvalue weighted by Crippen LogP contribution is 2.31. The standard InChI is InChI=1S/C26H30N4O2/c1-19-17-27-23(28-19)18-30(2)25(32)13-15-26(14-12-24(31)29-26)16-20-8-10-22(11-9-20)21-6-4-3-5-7-21/h3-11,17H,12-16,18H2,1-2H3,(H,27,28)(H,29,31). The monoisotopic (exact) mass is 430 g/mol. The van der Waals surface area contributed by atoms with E-state index in [1.54, 1.807) is 18.1 Å². The Morgan fingerprint density at radius 3 is 2.44 bits per heavy atom. The Labute approximate surface area is 189 Å². The number of H-pyrrole nitrogens is 1. The highest BCUT2D eigenvalue weighted by molar-refractivity contribution is 5.80. The van der Waals surface area contributed by atoms with Gasteiger partial charge in [-0.2, -0.15) is 0 Å². The predicted molar refractivity (Wildman–Crippen MR) is 125 cm³/mol. The number of nitrogens with zero attached hydrogens (tertiary/aromatic N) is 2. The highest BCUT2D eigenvalue weighted by atomic mass is 16.2. The third-order valence-corrected chi connectivity index (χ3v) is 6.22. The molecule has 1 atom stereocenters. The molecule has 0 saturated carbocycles. The minimum absolute atomic E-state index is 0.0546. The lowest BCUT2D eigenvalue weighted by Gasteiger charge is -2.30. The summed E-state index contributed by atoms with van der Waals surface area (Å²) in [6.45, 7) is 2.39. The summed E-state index contributed by atoms with van der Waals surface area (Å²) in [6.07, 6.45) is 4.76. The van der Waals surface area contributed by atoms with Crippen LogP contribution < -0.4 is 5.32 Å². The van der Waals surface area contributed by atoms with Crippen molar-refractivity contribution < 1.29 is 9.59 Å². The molecule has 2 aromatic carbocycles. The molecule has 1 aliphatic rings. The summed E-state index contributed by atoms with van der Waals surface area (Å²) in [4.78, 5) is 34.0. The second kappa shape index (κ2) is 9.39. The number of aromatic amines is 1. The maximum atomic E-state index is 12.8. The Morgan fingerprint density at radius 2 is 1.81 bits per heavy atom. The average molecular weight is 431 g/mol. The zero-order chi connectivity index (χ0) is 22.6. The third kappa shape index (κ3) is 5.25. The molecule has 1 saturated heterocycles. The van der Waals surface area contributed by atoms with Gasteiger partial charge >= 0.3 is 0 Å². The van der Waals surface area contributed by atoms with Crippen LogP contribution in [0.3, 0.4) is 0 Å². The van der Waals surface area contributed by atoms with Crippen LogP contribution in [0.5, 0.6) is 0 Å². The molecule has 2 amide bonds. The topological polar surface area (TPSA) is 78.1 Å². The van der Waals surface area contributed by atoms with Crippen molar-refractivity contribution in [2.24, 2.45) is 0 Å². The second-order valence-electron chi connectivity index (χ2n) is 8.83. The zero-order valence-corrected chi connectivity index (χ0v) is 18.7. The number of carbonyl (C=O) groups is 2. The number of carbonyl (C=O) groups excluding carboxylic acids is 2. The summed E-state index contributed by atoms with van der Waals surface area (Å²) < 4.78 is 0. The lowest BCUT2D eigenvalue weighted by atomic mass is 9.84. The van der Waals surface area contributed by atoms with E-state index < -0.39 is 0 Å². The number of aryl methyl sites for hydroxylation is 1. The van der Waals surface area contributed by atoms with Gasteiger partial charge in [-0.15, -0.1) is 0 Å². The van der Waals surface area contributed by atoms with E-state index in [-0.39, 0.29) is 17.4 Å². The normalized spacial score (nSPS) is 17.9. The molecule has 1 aliphatic heterocycles. The van der Waals surface area contributed by atoms with Crippen LogP contribution in [0.25, 0.3) is 11.1 Å². The molecule has 0 aliphatic carbocycles. The predicted octanol–water partition coefficient (Wildman–Crippen LogP) is 4.02. The van der Waals surface area contributed by atoms with E-state index in [2.05, 4.69) is 51.7 Å². The molecule has 0 radical (unpaired) electrons. The van der Waals surface area contributed by atoms with Crippen molar-refractivity contribution in [2.45, 2.75) is 51.1 Å². The number of amides is 2. The number of hydrogen-bond donors (Lipinski definition) is 2. The van der Waals surface area contributed by atoms with Gasteiger partial charge in [-0.1, -0.05) is 54.6 Å². The first-order valence-electron chi connectivity index (χ1n) is 11.1. The SMILES string of the molecule is Cc1cnc(CN(C)C(=O)CCC2(Cc3ccc(-c4ccccc4)cc3)CCC(=O)N2)[nH]1. The smallest absolute Gasteiger partial charge is 0.222 e. The number of benzene rings is 2. The van der Waals surface area contributed by atoms with E-state index >= 15 is 0 Å². The largest absolute Gasteiger partial charge is 0.350 e. The summed E-state index contributed by atoms with van der Waals surface area (Å²) >= 11 is 0. The molecule has 6 heteroatoms. The van der Waals surface area contributed by atoms with Gasteiger partial charge < -0.3 is 15.2 Å². The number of rotatable bonds is 8. The molecule has 0 bridgehead atoms. The molecular weight excluding hydrogens is 400 g/mol. The first kappa shape index (κ1) is 21.8. The summed E-state index contributed by atoms with van der Waals surface area (Å²) in [6, 6.07) is 18.8. The van der Waals surface area contributed by atoms with Gasteiger partial charge in [0, 0.05) is 37.3 Å². The maximum Gasteiger partial charge on any atom is 0.222 e. The number of nitrogens with one attached hydrogen (secondary N) is 2. The summed E-state index contributed by atoms with van der Waals surface area (Å²) in [7, 11) is 1.79. The van der Waals surface area contributed by atoms with E-state index in [1.165, 1.54) is 16.7 Å². The van der Waals surface area contributed by atoms with Crippen LogP contribution in [0, 0.1) is 6.92 Å². The van der Waals surface area contributed by atoms with E-state index in [0.29, 0.717) is 25.8 Å². The highest BCUT2D eigenvalue weighted by Gasteiger charge is 2.38. The number of imidazole rings is 1. The molecule has 1 fully saturated rings. The van der Waals surface area contributed by atoms with E-state index in [1.807, 2.05) is 25.1 Å². The molecule has 2 heterocycles. The van der Waals surface area contributed by atoms with Crippen molar-refractivity contribution in [1.29, 1.82) is 0 Å². The Balaban J connectivity index is 1.40. The fourth-order valence-electron chi connectivity index (χ4n) is 4.42. The minimum atomic E-state index is -0.372. The van der Waals surface area contributed by atoms with Crippen molar-refractivity contribution in [2.75, 3.05) is 7.05 Å². The lowest BCUT2D eigenvalue weighted by Crippen LogP contribution is -2.44. The fourth-order valence-corrected chi connectivity index (χ4v) is 4.42. The molecule has 1 aromatic heterocycles. The number of hydrogen-bond acceptors (Lipinski definition) is 3. The van der Waals surface area contributed by atoms with Gasteiger partial charge in [0.15, 0.2) is 0 Å². The molecule has 6 nitrogen and oxygen atoms in total. The van der Waals surface area contributed by atoms with Gasteiger partial charge in [0.25, 0.3) is 0 Å². The van der Waals surface area contributed by atoms with Crippen LogP contribution >= 0.6 is 0 Å². The van der Waals surface area contributed by atoms with Gasteiger partial charge in [0.05, 0.1) is 6.54 Å². The first-order valence-corrected chi connectivity index (χ1v) is 11.1. The second-order valence-corrected chi connectivity index (χ2v) is 8.83. The molecular formula is C26H30N4O2. The van der Waals surface area contributed by atoms with E-state index in [0.717, 1.165) is 24.4 Å². The Bertz CT molecular complexity index is 1070. The van der Waals surface area contributed by atoms with Crippen molar-refractivity contribution in [3.05, 3.63) is 77.9 Å². The lowest BCUT2D eigenvalue weighted by molar-refractivity contribution is -0.131. The summed E-state index contributed by atoms with van der Waals surface area (Å²) in [5, 5.41) is 3.18. The molecule has 3 aromatic rings. The quantitative estimate of drug-likeness (QED) is 0.567. The fraction of sp³-hybridized carbons (Fsp3) is 0.346. The van der Waals surface area contributed by atoms with Crippen LogP contribution in [0.2, 0.25) is 0 Å². The van der Waals surface area contributed by atoms with Crippen LogP contribution in [-0.2, 0) is 22.6 Å². The summed E-state index contributed by atoms with van der Waals surface area (Å²) in [5.41, 5.74) is 4.13. The van der Waals surface area contributed by atoms with Crippen LogP contribution in [-0.4, -0.2) is 39.3 Å². The molecule has 2 N–H and O–H groups in total. The summed E-state index contributed by atoms with van der Waals surface area (Å²) in [5.74, 6) is 0.900. The molecule has 1 unspecified atom stereocenters. The Kier molecular flexibility index (Phi) is 6.40. The van der Waals surface area contributed by atoms with Gasteiger partial charge in [0.1, 0.15) is 5.82 Å². The maximum absolute atomic E-state index is 12.8. The van der Waals surface area contributed by atoms with Gasteiger partial charge in [-0.25, -0.2) is 4.98 Å². The van der Waals surface area contributed by atoms with E-state index in [9.17, 15) is 9.59 Å². The van der Waals surface area contributed by atoms with Crippen molar-refractivity contribution >= 4 is 11.8 Å². The van der Waals surface area contributed by atoms with Crippen molar-refractivity contribution in [1.82, 2.24) is 20.2 Å². The van der Waals surface area contributed by atoms with Crippen molar-refractivity contribution in [3.8, 4) is 11.1 Å². The molecule has 0 spiro atoms. The zero-order valence-electron chi connectivity index (χ0n) is 18.7. The van der Waals surface area contributed by atoms with Crippen LogP contribution in [0.4, 0.5) is 0 Å². The van der Waals surface area contributed by atoms with Crippen molar-refractivity contribution in [3.63, 3.8) is 0 Å². The molecule has 166 valence electrons. The molecule has 4 rings (SSSR count). The van der Waals surface area contributed by atoms with Crippen LogP contribution in [0.1, 0.15) is 42.8 Å². The van der Waals surface area contributed by atoms with Gasteiger partial charge in [0.2, 0.25) is 11.8 Å². The average Bonchev–Trinajstić information content (AvgIpc) is 3.38. The number of aromatic nitrogens is 2. The van der Waals surface area contributed by atoms with Gasteiger partial charge in [-0.3, -0.25) is 9.59 Å². The third-order valence-electron chi connectivity index (χ3n) is 6.22. The Morgan fingerprint density at radius 1 is 1.09 bits per heavy atom. The van der Waals surface area contributed by atoms with Crippen LogP contribution in [0.15, 0.2) is 60.8 Å². The first-order chi connectivity index (χ1) is 15.4. The van der Waals surface area contributed by atoms with Gasteiger partial charge in [-0.05, 0) is 42.9 Å². The minimum Gasteiger partial charge on any atom is -0.350 e. The van der Waals surface area contributed by atoms with E-state index in [4.69, 9.17) is 0 Å². The molecule has 32 heavy (non-hydrogen) atoms.